The van der Waals surface area contributed by atoms with Crippen molar-refractivity contribution in [2.75, 3.05) is 32.4 Å². The lowest BCUT2D eigenvalue weighted by Crippen LogP contribution is -2.35. The molecule has 13 nitrogen and oxygen atoms in total. The third-order valence-electron chi connectivity index (χ3n) is 3.56. The number of benzene rings is 1. The first kappa shape index (κ1) is 23.8. The minimum absolute atomic E-state index is 0.0317. The van der Waals surface area contributed by atoms with Crippen LogP contribution in [-0.4, -0.2) is 65.9 Å². The molecule has 2 rings (SSSR count). The Bertz CT molecular complexity index is 1180. The maximum atomic E-state index is 12.7. The third-order valence-corrected chi connectivity index (χ3v) is 6.72. The molecule has 0 spiro atoms. The number of sulfone groups is 1. The number of carbonyl (C=O) groups excluding carboxylic acids is 2. The summed E-state index contributed by atoms with van der Waals surface area (Å²) in [7, 11) is -5.46. The van der Waals surface area contributed by atoms with Gasteiger partial charge in [0.15, 0.2) is 15.6 Å². The molecule has 0 saturated heterocycles. The highest BCUT2D eigenvalue weighted by Gasteiger charge is 2.29. The van der Waals surface area contributed by atoms with Crippen LogP contribution in [0.25, 0.3) is 0 Å². The summed E-state index contributed by atoms with van der Waals surface area (Å²) in [5.74, 6) is -2.44. The van der Waals surface area contributed by atoms with Gasteiger partial charge in [0.05, 0.1) is 32.3 Å². The van der Waals surface area contributed by atoms with Crippen molar-refractivity contribution in [3.63, 3.8) is 0 Å². The Hall–Kier alpha value is -3.46. The molecule has 1 heterocycles. The number of methoxy groups -OCH3 is 3. The molecule has 0 atom stereocenters. The van der Waals surface area contributed by atoms with E-state index >= 15 is 0 Å². The van der Waals surface area contributed by atoms with Crippen molar-refractivity contribution >= 4 is 37.8 Å². The molecule has 0 bridgehead atoms. The van der Waals surface area contributed by atoms with E-state index in [1.165, 1.54) is 32.4 Å². The molecule has 2 amide bonds. The Balaban J connectivity index is 2.31. The molecule has 2 N–H and O–H groups in total. The first-order chi connectivity index (χ1) is 14.5. The van der Waals surface area contributed by atoms with Crippen molar-refractivity contribution in [2.24, 2.45) is 0 Å². The Kier molecular flexibility index (Phi) is 7.35. The number of nitrogens with one attached hydrogen (secondary N) is 2. The van der Waals surface area contributed by atoms with Crippen LogP contribution in [0.1, 0.15) is 0 Å². The summed E-state index contributed by atoms with van der Waals surface area (Å²) in [5, 5.41) is 2.08. The summed E-state index contributed by atoms with van der Waals surface area (Å²) in [6.07, 6.45) is 0. The molecule has 0 radical (unpaired) electrons. The Labute approximate surface area is 177 Å². The minimum Gasteiger partial charge on any atom is -0.481 e. The van der Waals surface area contributed by atoms with Gasteiger partial charge in [-0.1, -0.05) is 12.1 Å². The van der Waals surface area contributed by atoms with Gasteiger partial charge in [-0.15, -0.1) is 0 Å². The highest BCUT2D eigenvalue weighted by atomic mass is 32.2. The van der Waals surface area contributed by atoms with Crippen molar-refractivity contribution < 1.29 is 40.6 Å². The summed E-state index contributed by atoms with van der Waals surface area (Å²) in [4.78, 5) is 29.8. The van der Waals surface area contributed by atoms with Crippen molar-refractivity contribution in [2.45, 2.75) is 9.79 Å². The monoisotopic (exact) mass is 474 g/mol. The number of sulfonamides is 1. The van der Waals surface area contributed by atoms with Gasteiger partial charge < -0.3 is 14.2 Å². The second kappa shape index (κ2) is 9.57. The smallest absolute Gasteiger partial charge is 0.335 e. The fourth-order valence-corrected chi connectivity index (χ4v) is 5.14. The standard InChI is InChI=1S/C16H18N4O9S2/c1-27-12-8-13(28-2)18-15(17-12)19-16(22)20-31(25,26)11-7-5-4-6-10(11)30(23,24)9-14(21)29-3/h4-8H,9H2,1-3H3,(H2,17,18,19,20,22). The Morgan fingerprint density at radius 3 is 2.00 bits per heavy atom. The highest BCUT2D eigenvalue weighted by molar-refractivity contribution is 7.94. The van der Waals surface area contributed by atoms with Crippen molar-refractivity contribution in [1.82, 2.24) is 14.7 Å². The molecule has 0 fully saturated rings. The van der Waals surface area contributed by atoms with Gasteiger partial charge in [0.1, 0.15) is 4.90 Å². The first-order valence-corrected chi connectivity index (χ1v) is 11.4. The van der Waals surface area contributed by atoms with E-state index in [1.807, 2.05) is 0 Å². The number of hydrogen-bond acceptors (Lipinski definition) is 11. The zero-order chi connectivity index (χ0) is 23.2. The molecule has 1 aromatic carbocycles. The predicted octanol–water partition coefficient (Wildman–Crippen LogP) is -0.0491. The number of aromatic nitrogens is 2. The average Bonchev–Trinajstić information content (AvgIpc) is 2.72. The van der Waals surface area contributed by atoms with E-state index in [2.05, 4.69) is 20.0 Å². The van der Waals surface area contributed by atoms with E-state index in [0.29, 0.717) is 0 Å². The summed E-state index contributed by atoms with van der Waals surface area (Å²) in [5.41, 5.74) is 0. The topological polar surface area (TPSA) is 180 Å². The van der Waals surface area contributed by atoms with Crippen LogP contribution in [0.3, 0.4) is 0 Å². The van der Waals surface area contributed by atoms with Crippen LogP contribution in [0.4, 0.5) is 10.7 Å². The molecule has 168 valence electrons. The third kappa shape index (κ3) is 6.02. The fourth-order valence-electron chi connectivity index (χ4n) is 2.19. The van der Waals surface area contributed by atoms with Gasteiger partial charge >= 0.3 is 12.0 Å². The quantitative estimate of drug-likeness (QED) is 0.490. The van der Waals surface area contributed by atoms with Crippen molar-refractivity contribution in [3.05, 3.63) is 30.3 Å². The van der Waals surface area contributed by atoms with Gasteiger partial charge in [0, 0.05) is 0 Å². The van der Waals surface area contributed by atoms with E-state index in [0.717, 1.165) is 19.2 Å². The molecule has 0 unspecified atom stereocenters. The predicted molar refractivity (Wildman–Crippen MR) is 105 cm³/mol. The van der Waals surface area contributed by atoms with Gasteiger partial charge in [-0.2, -0.15) is 9.97 Å². The van der Waals surface area contributed by atoms with E-state index in [1.54, 1.807) is 4.72 Å². The number of rotatable bonds is 8. The number of nitrogens with zero attached hydrogens (tertiary/aromatic N) is 2. The maximum Gasteiger partial charge on any atom is 0.335 e. The molecule has 0 aliphatic rings. The zero-order valence-electron chi connectivity index (χ0n) is 16.5. The number of urea groups is 1. The molecule has 31 heavy (non-hydrogen) atoms. The van der Waals surface area contributed by atoms with Crippen LogP contribution >= 0.6 is 0 Å². The average molecular weight is 474 g/mol. The van der Waals surface area contributed by atoms with E-state index in [4.69, 9.17) is 9.47 Å². The van der Waals surface area contributed by atoms with E-state index in [-0.39, 0.29) is 17.7 Å². The molecule has 0 aliphatic heterocycles. The van der Waals surface area contributed by atoms with Gasteiger partial charge in [0.25, 0.3) is 10.0 Å². The molecule has 1 aromatic heterocycles. The van der Waals surface area contributed by atoms with E-state index < -0.39 is 47.4 Å². The van der Waals surface area contributed by atoms with Gasteiger partial charge in [-0.3, -0.25) is 10.1 Å². The zero-order valence-corrected chi connectivity index (χ0v) is 18.1. The molecule has 0 saturated carbocycles. The molecule has 15 heteroatoms. The molecular weight excluding hydrogens is 456 g/mol. The number of amides is 2. The largest absolute Gasteiger partial charge is 0.481 e. The van der Waals surface area contributed by atoms with Crippen LogP contribution in [0.15, 0.2) is 40.1 Å². The fraction of sp³-hybridized carbons (Fsp3) is 0.250. The second-order valence-corrected chi connectivity index (χ2v) is 9.23. The SMILES string of the molecule is COC(=O)CS(=O)(=O)c1ccccc1S(=O)(=O)NC(=O)Nc1nc(OC)cc(OC)n1. The van der Waals surface area contributed by atoms with Crippen LogP contribution in [0.2, 0.25) is 0 Å². The lowest BCUT2D eigenvalue weighted by atomic mass is 10.4. The first-order valence-electron chi connectivity index (χ1n) is 8.22. The van der Waals surface area contributed by atoms with Crippen molar-refractivity contribution in [3.8, 4) is 11.8 Å². The summed E-state index contributed by atoms with van der Waals surface area (Å²) in [6.45, 7) is 0. The Morgan fingerprint density at radius 2 is 1.48 bits per heavy atom. The molecular formula is C16H18N4O9S2. The molecule has 2 aromatic rings. The van der Waals surface area contributed by atoms with E-state index in [9.17, 15) is 26.4 Å². The normalized spacial score (nSPS) is 11.3. The van der Waals surface area contributed by atoms with Crippen LogP contribution in [0, 0.1) is 0 Å². The summed E-state index contributed by atoms with van der Waals surface area (Å²) >= 11 is 0. The van der Waals surface area contributed by atoms with Crippen LogP contribution in [-0.2, 0) is 29.4 Å². The molecule has 0 aliphatic carbocycles. The highest BCUT2D eigenvalue weighted by Crippen LogP contribution is 2.22. The minimum atomic E-state index is -4.68. The van der Waals surface area contributed by atoms with Gasteiger partial charge in [-0.05, 0) is 12.1 Å². The second-order valence-electron chi connectivity index (χ2n) is 5.62. The number of hydrogen-bond donors (Lipinski definition) is 2. The summed E-state index contributed by atoms with van der Waals surface area (Å²) in [6, 6.07) is 4.50. The number of carbonyl (C=O) groups is 2. The maximum absolute atomic E-state index is 12.7. The van der Waals surface area contributed by atoms with Gasteiger partial charge in [-0.25, -0.2) is 26.4 Å². The van der Waals surface area contributed by atoms with Crippen LogP contribution < -0.4 is 19.5 Å². The number of ether oxygens (including phenoxy) is 3. The lowest BCUT2D eigenvalue weighted by molar-refractivity contribution is -0.137. The van der Waals surface area contributed by atoms with Gasteiger partial charge in [0.2, 0.25) is 17.7 Å². The number of anilines is 1. The number of esters is 1. The Morgan fingerprint density at radius 1 is 0.935 bits per heavy atom. The van der Waals surface area contributed by atoms with Crippen molar-refractivity contribution in [1.29, 1.82) is 0 Å². The lowest BCUT2D eigenvalue weighted by Gasteiger charge is -2.12. The van der Waals surface area contributed by atoms with Crippen LogP contribution in [0.5, 0.6) is 11.8 Å². The summed E-state index contributed by atoms with van der Waals surface area (Å²) < 4.78 is 66.0.